The Balaban J connectivity index is 2.16. The van der Waals surface area contributed by atoms with Gasteiger partial charge < -0.3 is 5.32 Å². The van der Waals surface area contributed by atoms with Gasteiger partial charge in [0.05, 0.1) is 18.0 Å². The highest BCUT2D eigenvalue weighted by atomic mass is 32.2. The molecule has 5 nitrogen and oxygen atoms in total. The van der Waals surface area contributed by atoms with Crippen molar-refractivity contribution in [1.82, 2.24) is 5.32 Å². The van der Waals surface area contributed by atoms with E-state index in [1.165, 1.54) is 5.56 Å². The van der Waals surface area contributed by atoms with Crippen LogP contribution in [0.2, 0.25) is 0 Å². The molecular weight excluding hydrogens is 384 g/mol. The minimum absolute atomic E-state index is 0.0624. The molecule has 1 atom stereocenters. The van der Waals surface area contributed by atoms with Gasteiger partial charge in [-0.05, 0) is 48.9 Å². The number of carbonyl (C=O) groups excluding carboxylic acids is 1. The summed E-state index contributed by atoms with van der Waals surface area (Å²) < 4.78 is 25.8. The Kier molecular flexibility index (Phi) is 6.78. The zero-order valence-electron chi connectivity index (χ0n) is 18.4. The normalized spacial score (nSPS) is 13.1. The second kappa shape index (κ2) is 8.57. The highest BCUT2D eigenvalue weighted by molar-refractivity contribution is 7.92. The first kappa shape index (κ1) is 22.9. The average molecular weight is 417 g/mol. The third-order valence-corrected chi connectivity index (χ3v) is 6.09. The number of rotatable bonds is 6. The van der Waals surface area contributed by atoms with Crippen LogP contribution in [-0.2, 0) is 20.2 Å². The molecule has 0 aromatic heterocycles. The van der Waals surface area contributed by atoms with Crippen molar-refractivity contribution >= 4 is 21.6 Å². The zero-order valence-corrected chi connectivity index (χ0v) is 19.2. The first-order valence-corrected chi connectivity index (χ1v) is 11.6. The fraction of sp³-hybridized carbons (Fsp3) is 0.435. The summed E-state index contributed by atoms with van der Waals surface area (Å²) in [6.45, 7) is 11.9. The van der Waals surface area contributed by atoms with Crippen molar-refractivity contribution in [3.63, 3.8) is 0 Å². The maximum absolute atomic E-state index is 12.6. The van der Waals surface area contributed by atoms with Crippen LogP contribution in [0.5, 0.6) is 0 Å². The van der Waals surface area contributed by atoms with Gasteiger partial charge in [-0.2, -0.15) is 0 Å². The standard InChI is InChI=1S/C23H32N2O3S/c1-16-8-13-21(17(2)14-16)25(29(7,27)28)15-22(26)24-18(3)19-9-11-20(12-10-19)23(4,5)6/h8-14,18H,15H2,1-7H3,(H,24,26)/t18-/m1/s1. The van der Waals surface area contributed by atoms with E-state index in [1.807, 2.05) is 45.0 Å². The van der Waals surface area contributed by atoms with Crippen LogP contribution in [0.4, 0.5) is 5.69 Å². The van der Waals surface area contributed by atoms with Gasteiger partial charge in [-0.1, -0.05) is 62.7 Å². The van der Waals surface area contributed by atoms with E-state index in [-0.39, 0.29) is 23.9 Å². The van der Waals surface area contributed by atoms with E-state index >= 15 is 0 Å². The van der Waals surface area contributed by atoms with Crippen LogP contribution >= 0.6 is 0 Å². The molecule has 0 aliphatic rings. The molecule has 0 unspecified atom stereocenters. The van der Waals surface area contributed by atoms with Gasteiger partial charge in [0.25, 0.3) is 0 Å². The molecule has 0 aliphatic heterocycles. The summed E-state index contributed by atoms with van der Waals surface area (Å²) in [6.07, 6.45) is 1.12. The number of carbonyl (C=O) groups is 1. The summed E-state index contributed by atoms with van der Waals surface area (Å²) in [6, 6.07) is 13.4. The quantitative estimate of drug-likeness (QED) is 0.766. The number of sulfonamides is 1. The van der Waals surface area contributed by atoms with E-state index in [1.54, 1.807) is 6.07 Å². The van der Waals surface area contributed by atoms with Gasteiger partial charge in [-0.25, -0.2) is 8.42 Å². The molecule has 29 heavy (non-hydrogen) atoms. The van der Waals surface area contributed by atoms with Crippen molar-refractivity contribution in [2.75, 3.05) is 17.1 Å². The number of aryl methyl sites for hydroxylation is 2. The van der Waals surface area contributed by atoms with E-state index in [9.17, 15) is 13.2 Å². The molecule has 0 saturated carbocycles. The summed E-state index contributed by atoms with van der Waals surface area (Å²) in [4.78, 5) is 12.6. The number of nitrogens with one attached hydrogen (secondary N) is 1. The highest BCUT2D eigenvalue weighted by Crippen LogP contribution is 2.25. The van der Waals surface area contributed by atoms with Crippen molar-refractivity contribution in [2.24, 2.45) is 0 Å². The molecule has 0 heterocycles. The Bertz CT molecular complexity index is 974. The van der Waals surface area contributed by atoms with Gasteiger partial charge in [-0.15, -0.1) is 0 Å². The molecule has 1 amide bonds. The van der Waals surface area contributed by atoms with E-state index in [4.69, 9.17) is 0 Å². The average Bonchev–Trinajstić information content (AvgIpc) is 2.58. The lowest BCUT2D eigenvalue weighted by atomic mass is 9.86. The fourth-order valence-corrected chi connectivity index (χ4v) is 4.15. The van der Waals surface area contributed by atoms with Crippen molar-refractivity contribution < 1.29 is 13.2 Å². The predicted octanol–water partition coefficient (Wildman–Crippen LogP) is 4.24. The number of nitrogens with zero attached hydrogens (tertiary/aromatic N) is 1. The van der Waals surface area contributed by atoms with Gasteiger partial charge in [0.15, 0.2) is 0 Å². The molecule has 2 aromatic rings. The predicted molar refractivity (Wildman–Crippen MR) is 120 cm³/mol. The van der Waals surface area contributed by atoms with E-state index < -0.39 is 10.0 Å². The van der Waals surface area contributed by atoms with Crippen molar-refractivity contribution in [2.45, 2.75) is 53.0 Å². The topological polar surface area (TPSA) is 66.5 Å². The molecule has 0 saturated heterocycles. The molecular formula is C23H32N2O3S. The first-order chi connectivity index (χ1) is 13.3. The molecule has 0 aliphatic carbocycles. The second-order valence-electron chi connectivity index (χ2n) is 8.72. The molecule has 1 N–H and O–H groups in total. The fourth-order valence-electron chi connectivity index (χ4n) is 3.24. The van der Waals surface area contributed by atoms with Crippen molar-refractivity contribution in [3.8, 4) is 0 Å². The third-order valence-electron chi connectivity index (χ3n) is 4.96. The van der Waals surface area contributed by atoms with Gasteiger partial charge in [0, 0.05) is 0 Å². The smallest absolute Gasteiger partial charge is 0.241 e. The Hall–Kier alpha value is -2.34. The lowest BCUT2D eigenvalue weighted by Crippen LogP contribution is -2.41. The molecule has 6 heteroatoms. The minimum atomic E-state index is -3.60. The largest absolute Gasteiger partial charge is 0.348 e. The van der Waals surface area contributed by atoms with E-state index in [0.717, 1.165) is 27.3 Å². The van der Waals surface area contributed by atoms with Crippen molar-refractivity contribution in [3.05, 3.63) is 64.7 Å². The first-order valence-electron chi connectivity index (χ1n) is 9.74. The lowest BCUT2D eigenvalue weighted by molar-refractivity contribution is -0.120. The number of hydrogen-bond acceptors (Lipinski definition) is 3. The SMILES string of the molecule is Cc1ccc(N(CC(=O)N[C@H](C)c2ccc(C(C)(C)C)cc2)S(C)(=O)=O)c(C)c1. The van der Waals surface area contributed by atoms with Gasteiger partial charge in [0.1, 0.15) is 6.54 Å². The Morgan fingerprint density at radius 1 is 1.07 bits per heavy atom. The number of hydrogen-bond donors (Lipinski definition) is 1. The summed E-state index contributed by atoms with van der Waals surface area (Å²) in [7, 11) is -3.60. The van der Waals surface area contributed by atoms with Crippen LogP contribution in [0.1, 0.15) is 56.0 Å². The molecule has 0 spiro atoms. The van der Waals surface area contributed by atoms with Crippen LogP contribution in [0.25, 0.3) is 0 Å². The van der Waals surface area contributed by atoms with Gasteiger partial charge >= 0.3 is 0 Å². The van der Waals surface area contributed by atoms with Crippen LogP contribution in [-0.4, -0.2) is 27.1 Å². The maximum Gasteiger partial charge on any atom is 0.241 e. The summed E-state index contributed by atoms with van der Waals surface area (Å²) in [5.74, 6) is -0.345. The van der Waals surface area contributed by atoms with Crippen LogP contribution in [0, 0.1) is 13.8 Å². The monoisotopic (exact) mass is 416 g/mol. The Labute approximate surface area is 175 Å². The van der Waals surface area contributed by atoms with Crippen LogP contribution < -0.4 is 9.62 Å². The third kappa shape index (κ3) is 6.07. The van der Waals surface area contributed by atoms with Crippen LogP contribution in [0.15, 0.2) is 42.5 Å². The summed E-state index contributed by atoms with van der Waals surface area (Å²) >= 11 is 0. The zero-order chi connectivity index (χ0) is 22.0. The van der Waals surface area contributed by atoms with E-state index in [2.05, 4.69) is 38.2 Å². The number of amides is 1. The Morgan fingerprint density at radius 3 is 2.14 bits per heavy atom. The maximum atomic E-state index is 12.6. The summed E-state index contributed by atoms with van der Waals surface area (Å²) in [5.41, 5.74) is 4.63. The second-order valence-corrected chi connectivity index (χ2v) is 10.6. The number of benzene rings is 2. The van der Waals surface area contributed by atoms with Crippen LogP contribution in [0.3, 0.4) is 0 Å². The van der Waals surface area contributed by atoms with Gasteiger partial charge in [-0.3, -0.25) is 9.10 Å². The lowest BCUT2D eigenvalue weighted by Gasteiger charge is -2.25. The molecule has 158 valence electrons. The molecule has 2 rings (SSSR count). The molecule has 0 bridgehead atoms. The van der Waals surface area contributed by atoms with Gasteiger partial charge in [0.2, 0.25) is 15.9 Å². The molecule has 0 radical (unpaired) electrons. The summed E-state index contributed by atoms with van der Waals surface area (Å²) in [5, 5.41) is 2.91. The van der Waals surface area contributed by atoms with E-state index in [0.29, 0.717) is 5.69 Å². The molecule has 2 aromatic carbocycles. The molecule has 0 fully saturated rings. The highest BCUT2D eigenvalue weighted by Gasteiger charge is 2.23. The Morgan fingerprint density at radius 2 is 1.66 bits per heavy atom. The minimum Gasteiger partial charge on any atom is -0.348 e. The van der Waals surface area contributed by atoms with Crippen molar-refractivity contribution in [1.29, 1.82) is 0 Å². The number of anilines is 1.